The number of rotatable bonds is 3. The van der Waals surface area contributed by atoms with Crippen LogP contribution in [0.3, 0.4) is 0 Å². The smallest absolute Gasteiger partial charge is 0.183 e. The number of pyridine rings is 2. The van der Waals surface area contributed by atoms with Gasteiger partial charge in [-0.1, -0.05) is 6.92 Å². The number of aromatic amines is 1. The number of hydrogen-bond donors (Lipinski definition) is 1. The summed E-state index contributed by atoms with van der Waals surface area (Å²) in [5, 5.41) is 11.4. The Balaban J connectivity index is 1.82. The molecular formula is C18H19N5O. The Morgan fingerprint density at radius 2 is 2.38 bits per heavy atom. The van der Waals surface area contributed by atoms with Crippen molar-refractivity contribution in [1.82, 2.24) is 19.9 Å². The number of likely N-dealkylation sites (tertiary alicyclic amines) is 1. The van der Waals surface area contributed by atoms with Gasteiger partial charge in [-0.25, -0.2) is 9.97 Å². The Labute approximate surface area is 140 Å². The third-order valence-corrected chi connectivity index (χ3v) is 4.66. The zero-order valence-electron chi connectivity index (χ0n) is 13.6. The van der Waals surface area contributed by atoms with E-state index in [9.17, 15) is 5.26 Å². The molecule has 0 amide bonds. The summed E-state index contributed by atoms with van der Waals surface area (Å²) in [6.07, 6.45) is 5.62. The van der Waals surface area contributed by atoms with E-state index < -0.39 is 0 Å². The van der Waals surface area contributed by atoms with E-state index in [1.807, 2.05) is 12.1 Å². The zero-order chi connectivity index (χ0) is 16.5. The molecule has 3 aromatic heterocycles. The largest absolute Gasteiger partial charge is 0.485 e. The van der Waals surface area contributed by atoms with Crippen LogP contribution >= 0.6 is 0 Å². The lowest BCUT2D eigenvalue weighted by atomic mass is 10.1. The van der Waals surface area contributed by atoms with Crippen LogP contribution in [0.4, 0.5) is 0 Å². The van der Waals surface area contributed by atoms with Gasteiger partial charge in [-0.3, -0.25) is 4.90 Å². The molecule has 3 aromatic rings. The number of ether oxygens (including phenoxy) is 1. The molecule has 1 N–H and O–H groups in total. The maximum absolute atomic E-state index is 9.49. The molecule has 6 nitrogen and oxygen atoms in total. The fourth-order valence-electron chi connectivity index (χ4n) is 3.45. The van der Waals surface area contributed by atoms with Gasteiger partial charge in [0.1, 0.15) is 17.8 Å². The maximum atomic E-state index is 9.49. The SMILES string of the molecule is CCN1CCC[C@H](Oc2c(C#N)ncc3[nH]c4ncccc4c23)C1. The van der Waals surface area contributed by atoms with E-state index in [0.29, 0.717) is 11.4 Å². The molecule has 1 aliphatic heterocycles. The first kappa shape index (κ1) is 14.9. The van der Waals surface area contributed by atoms with Crippen LogP contribution in [0.1, 0.15) is 25.5 Å². The van der Waals surface area contributed by atoms with Crippen LogP contribution < -0.4 is 4.74 Å². The molecule has 0 unspecified atom stereocenters. The van der Waals surface area contributed by atoms with Gasteiger partial charge in [-0.05, 0) is 38.1 Å². The molecule has 1 atom stereocenters. The summed E-state index contributed by atoms with van der Waals surface area (Å²) in [4.78, 5) is 14.3. The van der Waals surface area contributed by atoms with Crippen molar-refractivity contribution in [2.24, 2.45) is 0 Å². The Kier molecular flexibility index (Phi) is 3.79. The van der Waals surface area contributed by atoms with Crippen molar-refractivity contribution < 1.29 is 4.74 Å². The van der Waals surface area contributed by atoms with Crippen LogP contribution in [0, 0.1) is 11.3 Å². The fourth-order valence-corrected chi connectivity index (χ4v) is 3.45. The van der Waals surface area contributed by atoms with Crippen LogP contribution in [-0.2, 0) is 0 Å². The van der Waals surface area contributed by atoms with Gasteiger partial charge in [0.25, 0.3) is 0 Å². The van der Waals surface area contributed by atoms with Gasteiger partial charge in [0, 0.05) is 18.1 Å². The maximum Gasteiger partial charge on any atom is 0.183 e. The Morgan fingerprint density at radius 3 is 3.21 bits per heavy atom. The van der Waals surface area contributed by atoms with Gasteiger partial charge in [-0.2, -0.15) is 5.26 Å². The van der Waals surface area contributed by atoms with Crippen molar-refractivity contribution >= 4 is 21.9 Å². The molecule has 122 valence electrons. The number of piperidine rings is 1. The minimum atomic E-state index is 0.0832. The fraction of sp³-hybridized carbons (Fsp3) is 0.389. The van der Waals surface area contributed by atoms with E-state index >= 15 is 0 Å². The second-order valence-electron chi connectivity index (χ2n) is 6.14. The molecule has 4 heterocycles. The van der Waals surface area contributed by atoms with Crippen molar-refractivity contribution in [3.8, 4) is 11.8 Å². The number of hydrogen-bond acceptors (Lipinski definition) is 5. The number of likely N-dealkylation sites (N-methyl/N-ethyl adjacent to an activating group) is 1. The zero-order valence-corrected chi connectivity index (χ0v) is 13.6. The summed E-state index contributed by atoms with van der Waals surface area (Å²) in [5.74, 6) is 0.581. The average Bonchev–Trinajstić information content (AvgIpc) is 3.01. The monoisotopic (exact) mass is 321 g/mol. The number of nitriles is 1. The van der Waals surface area contributed by atoms with Crippen LogP contribution in [0.15, 0.2) is 24.5 Å². The molecule has 0 radical (unpaired) electrons. The lowest BCUT2D eigenvalue weighted by molar-refractivity contribution is 0.0927. The third-order valence-electron chi connectivity index (χ3n) is 4.66. The van der Waals surface area contributed by atoms with Gasteiger partial charge >= 0.3 is 0 Å². The summed E-state index contributed by atoms with van der Waals surface area (Å²) in [6.45, 7) is 5.18. The summed E-state index contributed by atoms with van der Waals surface area (Å²) in [5.41, 5.74) is 1.97. The van der Waals surface area contributed by atoms with E-state index in [1.54, 1.807) is 12.4 Å². The predicted octanol–water partition coefficient (Wildman–Crippen LogP) is 2.85. The highest BCUT2D eigenvalue weighted by atomic mass is 16.5. The molecule has 6 heteroatoms. The second kappa shape index (κ2) is 6.10. The van der Waals surface area contributed by atoms with Crippen LogP contribution in [0.25, 0.3) is 21.9 Å². The molecule has 1 fully saturated rings. The van der Waals surface area contributed by atoms with Crippen molar-refractivity contribution in [2.45, 2.75) is 25.9 Å². The molecule has 0 aromatic carbocycles. The topological polar surface area (TPSA) is 77.8 Å². The first-order valence-electron chi connectivity index (χ1n) is 8.34. The van der Waals surface area contributed by atoms with Gasteiger partial charge in [0.15, 0.2) is 11.4 Å². The molecule has 0 bridgehead atoms. The quantitative estimate of drug-likeness (QED) is 0.802. The first-order chi connectivity index (χ1) is 11.8. The number of nitrogens with zero attached hydrogens (tertiary/aromatic N) is 4. The van der Waals surface area contributed by atoms with Crippen LogP contribution in [-0.4, -0.2) is 45.6 Å². The highest BCUT2D eigenvalue weighted by Gasteiger charge is 2.24. The van der Waals surface area contributed by atoms with Crippen LogP contribution in [0.2, 0.25) is 0 Å². The number of fused-ring (bicyclic) bond motifs is 3. The number of aromatic nitrogens is 3. The molecule has 0 saturated carbocycles. The first-order valence-corrected chi connectivity index (χ1v) is 8.34. The highest BCUT2D eigenvalue weighted by molar-refractivity contribution is 6.09. The van der Waals surface area contributed by atoms with E-state index in [-0.39, 0.29) is 6.10 Å². The van der Waals surface area contributed by atoms with E-state index in [1.165, 1.54) is 0 Å². The van der Waals surface area contributed by atoms with Crippen LogP contribution in [0.5, 0.6) is 5.75 Å². The molecule has 24 heavy (non-hydrogen) atoms. The van der Waals surface area contributed by atoms with Gasteiger partial charge < -0.3 is 9.72 Å². The highest BCUT2D eigenvalue weighted by Crippen LogP contribution is 2.35. The summed E-state index contributed by atoms with van der Waals surface area (Å²) in [7, 11) is 0. The molecule has 0 aliphatic carbocycles. The van der Waals surface area contributed by atoms with Crippen molar-refractivity contribution in [1.29, 1.82) is 5.26 Å². The number of nitrogens with one attached hydrogen (secondary N) is 1. The van der Waals surface area contributed by atoms with Crippen molar-refractivity contribution in [3.63, 3.8) is 0 Å². The molecule has 1 aliphatic rings. The van der Waals surface area contributed by atoms with E-state index in [4.69, 9.17) is 4.74 Å². The van der Waals surface area contributed by atoms with Crippen molar-refractivity contribution in [2.75, 3.05) is 19.6 Å². The van der Waals surface area contributed by atoms with E-state index in [0.717, 1.165) is 54.4 Å². The molecule has 4 rings (SSSR count). The average molecular weight is 321 g/mol. The van der Waals surface area contributed by atoms with Gasteiger partial charge in [-0.15, -0.1) is 0 Å². The minimum absolute atomic E-state index is 0.0832. The van der Waals surface area contributed by atoms with E-state index in [2.05, 4.69) is 32.8 Å². The lowest BCUT2D eigenvalue weighted by Gasteiger charge is -2.32. The summed E-state index contributed by atoms with van der Waals surface area (Å²) >= 11 is 0. The summed E-state index contributed by atoms with van der Waals surface area (Å²) in [6, 6.07) is 6.06. The second-order valence-corrected chi connectivity index (χ2v) is 6.14. The summed E-state index contributed by atoms with van der Waals surface area (Å²) < 4.78 is 6.31. The molecule has 0 spiro atoms. The minimum Gasteiger partial charge on any atom is -0.485 e. The van der Waals surface area contributed by atoms with Crippen molar-refractivity contribution in [3.05, 3.63) is 30.2 Å². The standard InChI is InChI=1S/C18H19N5O/c1-2-23-8-4-5-12(11-23)24-17-14(9-19)21-10-15-16(17)13-6-3-7-20-18(13)22-15/h3,6-7,10,12H,2,4-5,8,11H2,1H3,(H,20,22)/t12-/m0/s1. The Hall–Kier alpha value is -2.65. The normalized spacial score (nSPS) is 18.8. The molecule has 1 saturated heterocycles. The van der Waals surface area contributed by atoms with Gasteiger partial charge in [0.05, 0.1) is 17.1 Å². The predicted molar refractivity (Wildman–Crippen MR) is 91.9 cm³/mol. The third kappa shape index (κ3) is 2.47. The Morgan fingerprint density at radius 1 is 1.46 bits per heavy atom. The lowest BCUT2D eigenvalue weighted by Crippen LogP contribution is -2.41. The number of H-pyrrole nitrogens is 1. The Bertz CT molecular complexity index is 926. The molecular weight excluding hydrogens is 302 g/mol. The van der Waals surface area contributed by atoms with Gasteiger partial charge in [0.2, 0.25) is 0 Å².